The fraction of sp³-hybridized carbons (Fsp3) is 0.429. The predicted octanol–water partition coefficient (Wildman–Crippen LogP) is 3.32. The number of nitrogens with one attached hydrogen (secondary N) is 1. The van der Waals surface area contributed by atoms with Crippen LogP contribution in [0.4, 0.5) is 4.39 Å². The second-order valence-electron chi connectivity index (χ2n) is 7.06. The number of hydrogen-bond donors (Lipinski definition) is 1. The summed E-state index contributed by atoms with van der Waals surface area (Å²) in [5, 5.41) is 3.62. The quantitative estimate of drug-likeness (QED) is 0.843. The second kappa shape index (κ2) is 8.15. The molecule has 0 spiro atoms. The second-order valence-corrected chi connectivity index (χ2v) is 7.06. The molecule has 2 aromatic carbocycles. The molecule has 2 heterocycles. The van der Waals surface area contributed by atoms with Gasteiger partial charge in [-0.2, -0.15) is 0 Å². The Labute approximate surface area is 159 Å². The summed E-state index contributed by atoms with van der Waals surface area (Å²) in [7, 11) is 1.66. The fourth-order valence-corrected chi connectivity index (χ4v) is 3.78. The van der Waals surface area contributed by atoms with E-state index in [0.717, 1.165) is 54.3 Å². The number of hydrogen-bond acceptors (Lipinski definition) is 5. The van der Waals surface area contributed by atoms with Gasteiger partial charge < -0.3 is 19.5 Å². The molecule has 2 aliphatic heterocycles. The monoisotopic (exact) mass is 372 g/mol. The van der Waals surface area contributed by atoms with Gasteiger partial charge in [-0.1, -0.05) is 18.2 Å². The number of methoxy groups -OCH3 is 1. The zero-order valence-corrected chi connectivity index (χ0v) is 15.5. The maximum Gasteiger partial charge on any atom is 0.231 e. The minimum Gasteiger partial charge on any atom is -0.496 e. The van der Waals surface area contributed by atoms with Crippen LogP contribution in [0.2, 0.25) is 0 Å². The standard InChI is InChI=1S/C21H25FN2O3/c1-25-19-10-21-20(26-14-27-21)9-16(19)11-23-17-6-4-8-24(13-17)12-15-5-2-3-7-18(15)22/h2-3,5,7,9-10,17,23H,4,6,8,11-14H2,1H3/t17-/m0/s1. The first-order valence-electron chi connectivity index (χ1n) is 9.38. The third kappa shape index (κ3) is 4.17. The Morgan fingerprint density at radius 3 is 2.81 bits per heavy atom. The Bertz CT molecular complexity index is 799. The van der Waals surface area contributed by atoms with Crippen molar-refractivity contribution in [2.45, 2.75) is 32.0 Å². The van der Waals surface area contributed by atoms with Crippen molar-refractivity contribution in [3.05, 3.63) is 53.3 Å². The molecular weight excluding hydrogens is 347 g/mol. The smallest absolute Gasteiger partial charge is 0.231 e. The van der Waals surface area contributed by atoms with Gasteiger partial charge in [-0.3, -0.25) is 4.90 Å². The molecule has 0 aromatic heterocycles. The van der Waals surface area contributed by atoms with Gasteiger partial charge in [0.05, 0.1) is 7.11 Å². The molecule has 6 heteroatoms. The van der Waals surface area contributed by atoms with Crippen LogP contribution >= 0.6 is 0 Å². The Hall–Kier alpha value is -2.31. The van der Waals surface area contributed by atoms with Gasteiger partial charge in [0, 0.05) is 42.9 Å². The highest BCUT2D eigenvalue weighted by Gasteiger charge is 2.22. The van der Waals surface area contributed by atoms with Crippen LogP contribution in [-0.2, 0) is 13.1 Å². The number of likely N-dealkylation sites (tertiary alicyclic amines) is 1. The van der Waals surface area contributed by atoms with Crippen molar-refractivity contribution in [1.29, 1.82) is 0 Å². The van der Waals surface area contributed by atoms with Crippen LogP contribution < -0.4 is 19.5 Å². The van der Waals surface area contributed by atoms with Gasteiger partial charge in [-0.05, 0) is 31.5 Å². The summed E-state index contributed by atoms with van der Waals surface area (Å²) in [5.74, 6) is 2.16. The zero-order valence-electron chi connectivity index (χ0n) is 15.5. The van der Waals surface area contributed by atoms with Crippen LogP contribution in [0.15, 0.2) is 36.4 Å². The van der Waals surface area contributed by atoms with E-state index in [1.165, 1.54) is 6.07 Å². The first-order chi connectivity index (χ1) is 13.2. The van der Waals surface area contributed by atoms with Crippen LogP contribution in [0.3, 0.4) is 0 Å². The normalized spacial score (nSPS) is 19.3. The lowest BCUT2D eigenvalue weighted by atomic mass is 10.0. The number of ether oxygens (including phenoxy) is 3. The molecule has 0 aliphatic carbocycles. The highest BCUT2D eigenvalue weighted by molar-refractivity contribution is 5.51. The summed E-state index contributed by atoms with van der Waals surface area (Å²) in [6.07, 6.45) is 2.21. The molecule has 2 aliphatic rings. The van der Waals surface area contributed by atoms with Crippen LogP contribution in [-0.4, -0.2) is 37.9 Å². The Morgan fingerprint density at radius 1 is 1.19 bits per heavy atom. The summed E-state index contributed by atoms with van der Waals surface area (Å²) in [6, 6.07) is 11.2. The number of piperidine rings is 1. The van der Waals surface area contributed by atoms with Crippen LogP contribution in [0.5, 0.6) is 17.2 Å². The van der Waals surface area contributed by atoms with Crippen LogP contribution in [0.25, 0.3) is 0 Å². The SMILES string of the molecule is COc1cc2c(cc1CN[C@H]1CCCN(Cc3ccccc3F)C1)OCO2. The summed E-state index contributed by atoms with van der Waals surface area (Å²) in [5.41, 5.74) is 1.81. The van der Waals surface area contributed by atoms with Gasteiger partial charge in [-0.15, -0.1) is 0 Å². The van der Waals surface area contributed by atoms with Crippen LogP contribution in [0, 0.1) is 5.82 Å². The third-order valence-corrected chi connectivity index (χ3v) is 5.21. The van der Waals surface area contributed by atoms with Crippen molar-refractivity contribution >= 4 is 0 Å². The van der Waals surface area contributed by atoms with Gasteiger partial charge in [-0.25, -0.2) is 4.39 Å². The Balaban J connectivity index is 1.37. The average Bonchev–Trinajstić information content (AvgIpc) is 3.15. The highest BCUT2D eigenvalue weighted by atomic mass is 19.1. The summed E-state index contributed by atoms with van der Waals surface area (Å²) < 4.78 is 30.3. The van der Waals surface area contributed by atoms with Gasteiger partial charge >= 0.3 is 0 Å². The maximum absolute atomic E-state index is 13.9. The van der Waals surface area contributed by atoms with E-state index in [1.807, 2.05) is 24.3 Å². The lowest BCUT2D eigenvalue weighted by Crippen LogP contribution is -2.45. The average molecular weight is 372 g/mol. The minimum absolute atomic E-state index is 0.127. The molecular formula is C21H25FN2O3. The van der Waals surface area contributed by atoms with E-state index < -0.39 is 0 Å². The Morgan fingerprint density at radius 2 is 2.00 bits per heavy atom. The molecule has 1 saturated heterocycles. The van der Waals surface area contributed by atoms with Gasteiger partial charge in [0.15, 0.2) is 11.5 Å². The van der Waals surface area contributed by atoms with E-state index in [-0.39, 0.29) is 12.6 Å². The molecule has 1 N–H and O–H groups in total. The molecule has 0 amide bonds. The number of fused-ring (bicyclic) bond motifs is 1. The van der Waals surface area contributed by atoms with Gasteiger partial charge in [0.2, 0.25) is 6.79 Å². The predicted molar refractivity (Wildman–Crippen MR) is 101 cm³/mol. The molecule has 0 unspecified atom stereocenters. The van der Waals surface area contributed by atoms with Crippen molar-refractivity contribution in [1.82, 2.24) is 10.2 Å². The van der Waals surface area contributed by atoms with E-state index in [9.17, 15) is 4.39 Å². The van der Waals surface area contributed by atoms with Crippen molar-refractivity contribution in [3.8, 4) is 17.2 Å². The summed E-state index contributed by atoms with van der Waals surface area (Å²) in [4.78, 5) is 2.32. The lowest BCUT2D eigenvalue weighted by molar-refractivity contribution is 0.173. The summed E-state index contributed by atoms with van der Waals surface area (Å²) in [6.45, 7) is 3.50. The molecule has 0 bridgehead atoms. The number of halogens is 1. The third-order valence-electron chi connectivity index (χ3n) is 5.21. The first-order valence-corrected chi connectivity index (χ1v) is 9.38. The fourth-order valence-electron chi connectivity index (χ4n) is 3.78. The topological polar surface area (TPSA) is 43.0 Å². The molecule has 1 fully saturated rings. The lowest BCUT2D eigenvalue weighted by Gasteiger charge is -2.33. The largest absolute Gasteiger partial charge is 0.496 e. The van der Waals surface area contributed by atoms with Crippen molar-refractivity contribution < 1.29 is 18.6 Å². The molecule has 144 valence electrons. The first kappa shape index (κ1) is 18.1. The number of rotatable bonds is 6. The maximum atomic E-state index is 13.9. The van der Waals surface area contributed by atoms with Gasteiger partial charge in [0.1, 0.15) is 11.6 Å². The van der Waals surface area contributed by atoms with E-state index in [1.54, 1.807) is 13.2 Å². The highest BCUT2D eigenvalue weighted by Crippen LogP contribution is 2.38. The van der Waals surface area contributed by atoms with Gasteiger partial charge in [0.25, 0.3) is 0 Å². The zero-order chi connectivity index (χ0) is 18.6. The minimum atomic E-state index is -0.127. The molecule has 0 radical (unpaired) electrons. The van der Waals surface area contributed by atoms with E-state index >= 15 is 0 Å². The van der Waals surface area contributed by atoms with Crippen molar-refractivity contribution in [3.63, 3.8) is 0 Å². The molecule has 0 saturated carbocycles. The van der Waals surface area contributed by atoms with Crippen molar-refractivity contribution in [2.24, 2.45) is 0 Å². The summed E-state index contributed by atoms with van der Waals surface area (Å²) >= 11 is 0. The number of nitrogens with zero attached hydrogens (tertiary/aromatic N) is 1. The molecule has 27 heavy (non-hydrogen) atoms. The molecule has 5 nitrogen and oxygen atoms in total. The molecule has 1 atom stereocenters. The molecule has 2 aromatic rings. The van der Waals surface area contributed by atoms with Crippen LogP contribution in [0.1, 0.15) is 24.0 Å². The van der Waals surface area contributed by atoms with E-state index in [0.29, 0.717) is 19.1 Å². The Kier molecular flexibility index (Phi) is 5.45. The van der Waals surface area contributed by atoms with E-state index in [2.05, 4.69) is 10.2 Å². The van der Waals surface area contributed by atoms with Crippen molar-refractivity contribution in [2.75, 3.05) is 27.0 Å². The number of benzene rings is 2. The van der Waals surface area contributed by atoms with E-state index in [4.69, 9.17) is 14.2 Å². The molecule has 4 rings (SSSR count).